The monoisotopic (exact) mass is 391 g/mol. The highest BCUT2D eigenvalue weighted by Crippen LogP contribution is 2.25. The number of nitrogens with zero attached hydrogens (tertiary/aromatic N) is 1. The third-order valence-corrected chi connectivity index (χ3v) is 5.41. The molecule has 0 aromatic heterocycles. The van der Waals surface area contributed by atoms with Crippen molar-refractivity contribution in [3.05, 3.63) is 40.2 Å². The van der Waals surface area contributed by atoms with E-state index in [4.69, 9.17) is 23.2 Å². The number of sulfonamides is 1. The zero-order valence-electron chi connectivity index (χ0n) is 13.0. The molecule has 1 aromatic rings. The summed E-state index contributed by atoms with van der Waals surface area (Å²) in [6.07, 6.45) is 1.14. The standard InChI is InChI=1S/C15H19Cl2N3O3S/c1-2-24(22,23)19-12-5-7-20(8-6-12)15(21)10-18-14-4-3-11(16)9-13(14)17/h2-4,9,12,18-19H,1,5-8,10H2. The van der Waals surface area contributed by atoms with Crippen LogP contribution < -0.4 is 10.0 Å². The second kappa shape index (κ2) is 8.20. The second-order valence-electron chi connectivity index (χ2n) is 5.46. The number of carbonyl (C=O) groups is 1. The smallest absolute Gasteiger partial charge is 0.241 e. The van der Waals surface area contributed by atoms with Crippen LogP contribution in [0.4, 0.5) is 5.69 Å². The molecular weight excluding hydrogens is 373 g/mol. The molecule has 1 aromatic carbocycles. The number of anilines is 1. The average Bonchev–Trinajstić information content (AvgIpc) is 2.54. The molecule has 0 aliphatic carbocycles. The van der Waals surface area contributed by atoms with Gasteiger partial charge in [-0.05, 0) is 31.0 Å². The second-order valence-corrected chi connectivity index (χ2v) is 7.96. The van der Waals surface area contributed by atoms with Crippen molar-refractivity contribution in [1.29, 1.82) is 0 Å². The van der Waals surface area contributed by atoms with E-state index in [1.807, 2.05) is 0 Å². The highest BCUT2D eigenvalue weighted by molar-refractivity contribution is 7.92. The summed E-state index contributed by atoms with van der Waals surface area (Å²) >= 11 is 11.9. The molecule has 0 spiro atoms. The van der Waals surface area contributed by atoms with Gasteiger partial charge in [0.25, 0.3) is 0 Å². The van der Waals surface area contributed by atoms with Crippen LogP contribution >= 0.6 is 23.2 Å². The Bertz CT molecular complexity index is 717. The molecule has 1 saturated heterocycles. The van der Waals surface area contributed by atoms with E-state index >= 15 is 0 Å². The lowest BCUT2D eigenvalue weighted by molar-refractivity contribution is -0.130. The van der Waals surface area contributed by atoms with E-state index in [0.29, 0.717) is 41.7 Å². The SMILES string of the molecule is C=CS(=O)(=O)NC1CCN(C(=O)CNc2ccc(Cl)cc2Cl)CC1. The number of amides is 1. The Hall–Kier alpha value is -1.28. The van der Waals surface area contributed by atoms with Crippen LogP contribution in [0.1, 0.15) is 12.8 Å². The van der Waals surface area contributed by atoms with Crippen molar-refractivity contribution in [2.75, 3.05) is 25.0 Å². The Morgan fingerprint density at radius 1 is 1.33 bits per heavy atom. The first-order valence-electron chi connectivity index (χ1n) is 7.42. The maximum atomic E-state index is 12.2. The number of piperidine rings is 1. The van der Waals surface area contributed by atoms with Crippen LogP contribution in [0.25, 0.3) is 0 Å². The zero-order valence-corrected chi connectivity index (χ0v) is 15.3. The predicted octanol–water partition coefficient (Wildman–Crippen LogP) is 2.46. The van der Waals surface area contributed by atoms with Crippen LogP contribution in [0.5, 0.6) is 0 Å². The Kier molecular flexibility index (Phi) is 6.51. The summed E-state index contributed by atoms with van der Waals surface area (Å²) in [7, 11) is -3.44. The van der Waals surface area contributed by atoms with E-state index in [1.54, 1.807) is 23.1 Å². The van der Waals surface area contributed by atoms with Gasteiger partial charge in [0.15, 0.2) is 0 Å². The van der Waals surface area contributed by atoms with Crippen LogP contribution in [-0.4, -0.2) is 44.9 Å². The van der Waals surface area contributed by atoms with Gasteiger partial charge in [-0.15, -0.1) is 0 Å². The summed E-state index contributed by atoms with van der Waals surface area (Å²) in [4.78, 5) is 13.9. The number of hydrogen-bond acceptors (Lipinski definition) is 4. The van der Waals surface area contributed by atoms with Gasteiger partial charge in [-0.2, -0.15) is 0 Å². The fraction of sp³-hybridized carbons (Fsp3) is 0.400. The van der Waals surface area contributed by atoms with Gasteiger partial charge in [0.2, 0.25) is 15.9 Å². The van der Waals surface area contributed by atoms with E-state index in [-0.39, 0.29) is 18.5 Å². The van der Waals surface area contributed by atoms with Gasteiger partial charge in [0, 0.05) is 29.6 Å². The number of likely N-dealkylation sites (tertiary alicyclic amines) is 1. The Morgan fingerprint density at radius 3 is 2.58 bits per heavy atom. The van der Waals surface area contributed by atoms with Crippen molar-refractivity contribution >= 4 is 44.8 Å². The molecule has 24 heavy (non-hydrogen) atoms. The molecule has 0 unspecified atom stereocenters. The quantitative estimate of drug-likeness (QED) is 0.780. The van der Waals surface area contributed by atoms with E-state index < -0.39 is 10.0 Å². The summed E-state index contributed by atoms with van der Waals surface area (Å²) in [6.45, 7) is 4.38. The molecule has 6 nitrogen and oxygen atoms in total. The van der Waals surface area contributed by atoms with Gasteiger partial charge in [-0.25, -0.2) is 13.1 Å². The van der Waals surface area contributed by atoms with Crippen molar-refractivity contribution in [3.63, 3.8) is 0 Å². The fourth-order valence-electron chi connectivity index (χ4n) is 2.44. The van der Waals surface area contributed by atoms with Crippen molar-refractivity contribution in [3.8, 4) is 0 Å². The lowest BCUT2D eigenvalue weighted by Gasteiger charge is -2.32. The topological polar surface area (TPSA) is 78.5 Å². The molecule has 0 radical (unpaired) electrons. The zero-order chi connectivity index (χ0) is 17.7. The average molecular weight is 392 g/mol. The van der Waals surface area contributed by atoms with Crippen LogP contribution in [0.15, 0.2) is 30.2 Å². The number of nitrogens with one attached hydrogen (secondary N) is 2. The number of benzene rings is 1. The molecule has 1 amide bonds. The number of carbonyl (C=O) groups excluding carboxylic acids is 1. The number of halogens is 2. The van der Waals surface area contributed by atoms with Gasteiger partial charge < -0.3 is 10.2 Å². The molecule has 1 aliphatic rings. The molecule has 0 atom stereocenters. The Balaban J connectivity index is 1.81. The molecular formula is C15H19Cl2N3O3S. The summed E-state index contributed by atoms with van der Waals surface area (Å²) < 4.78 is 25.5. The minimum atomic E-state index is -3.44. The van der Waals surface area contributed by atoms with Crippen molar-refractivity contribution in [2.45, 2.75) is 18.9 Å². The van der Waals surface area contributed by atoms with E-state index in [2.05, 4.69) is 16.6 Å². The van der Waals surface area contributed by atoms with Crippen molar-refractivity contribution < 1.29 is 13.2 Å². The van der Waals surface area contributed by atoms with Crippen LogP contribution in [-0.2, 0) is 14.8 Å². The summed E-state index contributed by atoms with van der Waals surface area (Å²) in [5.74, 6) is -0.0638. The number of hydrogen-bond donors (Lipinski definition) is 2. The molecule has 1 aliphatic heterocycles. The highest BCUT2D eigenvalue weighted by Gasteiger charge is 2.24. The third-order valence-electron chi connectivity index (χ3n) is 3.76. The molecule has 2 rings (SSSR count). The molecule has 9 heteroatoms. The first-order chi connectivity index (χ1) is 11.3. The molecule has 0 saturated carbocycles. The minimum absolute atomic E-state index is 0.0638. The maximum absolute atomic E-state index is 12.2. The van der Waals surface area contributed by atoms with E-state index in [9.17, 15) is 13.2 Å². The minimum Gasteiger partial charge on any atom is -0.375 e. The summed E-state index contributed by atoms with van der Waals surface area (Å²) in [5.41, 5.74) is 0.642. The van der Waals surface area contributed by atoms with Crippen LogP contribution in [0, 0.1) is 0 Å². The lowest BCUT2D eigenvalue weighted by atomic mass is 10.1. The Labute approximate surface area is 151 Å². The predicted molar refractivity (Wildman–Crippen MR) is 96.8 cm³/mol. The van der Waals surface area contributed by atoms with Gasteiger partial charge in [0.1, 0.15) is 0 Å². The van der Waals surface area contributed by atoms with E-state index in [0.717, 1.165) is 5.41 Å². The van der Waals surface area contributed by atoms with Crippen LogP contribution in [0.3, 0.4) is 0 Å². The fourth-order valence-corrected chi connectivity index (χ4v) is 3.71. The van der Waals surface area contributed by atoms with Crippen molar-refractivity contribution in [1.82, 2.24) is 9.62 Å². The summed E-state index contributed by atoms with van der Waals surface area (Å²) in [6, 6.07) is 4.84. The van der Waals surface area contributed by atoms with Gasteiger partial charge in [-0.3, -0.25) is 4.79 Å². The lowest BCUT2D eigenvalue weighted by Crippen LogP contribution is -2.47. The molecule has 1 heterocycles. The van der Waals surface area contributed by atoms with E-state index in [1.165, 1.54) is 0 Å². The molecule has 1 fully saturated rings. The highest BCUT2D eigenvalue weighted by atomic mass is 35.5. The summed E-state index contributed by atoms with van der Waals surface area (Å²) in [5, 5.41) is 4.86. The molecule has 132 valence electrons. The normalized spacial score (nSPS) is 16.0. The van der Waals surface area contributed by atoms with Crippen molar-refractivity contribution in [2.24, 2.45) is 0 Å². The first kappa shape index (κ1) is 19.1. The molecule has 0 bridgehead atoms. The maximum Gasteiger partial charge on any atom is 0.241 e. The first-order valence-corrected chi connectivity index (χ1v) is 9.72. The van der Waals surface area contributed by atoms with Gasteiger partial charge >= 0.3 is 0 Å². The van der Waals surface area contributed by atoms with Crippen LogP contribution in [0.2, 0.25) is 10.0 Å². The van der Waals surface area contributed by atoms with Gasteiger partial charge in [-0.1, -0.05) is 29.8 Å². The largest absolute Gasteiger partial charge is 0.375 e. The van der Waals surface area contributed by atoms with Gasteiger partial charge in [0.05, 0.1) is 17.3 Å². The Morgan fingerprint density at radius 2 is 2.00 bits per heavy atom. The molecule has 2 N–H and O–H groups in total. The number of rotatable bonds is 6. The third kappa shape index (κ3) is 5.37.